The van der Waals surface area contributed by atoms with Gasteiger partial charge in [-0.2, -0.15) is 36.7 Å². The number of hydrazone groups is 1. The topological polar surface area (TPSA) is 60.5 Å². The molecule has 1 N–H and O–H groups in total. The lowest BCUT2D eigenvalue weighted by molar-refractivity contribution is -0.137. The number of nitriles is 1. The predicted octanol–water partition coefficient (Wildman–Crippen LogP) is 5.03. The highest BCUT2D eigenvalue weighted by Crippen LogP contribution is 2.36. The van der Waals surface area contributed by atoms with Crippen molar-refractivity contribution in [2.45, 2.75) is 38.2 Å². The molecule has 1 aromatic carbocycles. The van der Waals surface area contributed by atoms with Crippen molar-refractivity contribution < 1.29 is 26.3 Å². The summed E-state index contributed by atoms with van der Waals surface area (Å²) in [4.78, 5) is 4.14. The van der Waals surface area contributed by atoms with Gasteiger partial charge in [-0.25, -0.2) is 4.99 Å². The van der Waals surface area contributed by atoms with Gasteiger partial charge in [-0.1, -0.05) is 6.92 Å². The van der Waals surface area contributed by atoms with Crippen molar-refractivity contribution in [3.05, 3.63) is 29.3 Å². The molecule has 0 bridgehead atoms. The van der Waals surface area contributed by atoms with Crippen molar-refractivity contribution in [3.63, 3.8) is 0 Å². The third kappa shape index (κ3) is 4.74. The van der Waals surface area contributed by atoms with E-state index in [0.29, 0.717) is 11.8 Å². The molecule has 0 aromatic heterocycles. The maximum atomic E-state index is 13.1. The van der Waals surface area contributed by atoms with Gasteiger partial charge < -0.3 is 0 Å². The monoisotopic (exact) mass is 408 g/mol. The SMILES string of the molecule is CCSC(=Nc1ccc(C#N)c(C(F)(F)F)c1)C1(C)CC(C(F)(F)F)=NN1. The number of rotatable bonds is 3. The van der Waals surface area contributed by atoms with E-state index >= 15 is 0 Å². The Kier molecular flexibility index (Phi) is 5.79. The first-order valence-electron chi connectivity index (χ1n) is 7.65. The summed E-state index contributed by atoms with van der Waals surface area (Å²) in [6, 6.07) is 4.37. The predicted molar refractivity (Wildman–Crippen MR) is 91.0 cm³/mol. The van der Waals surface area contributed by atoms with Crippen molar-refractivity contribution in [1.29, 1.82) is 5.26 Å². The normalized spacial score (nSPS) is 20.9. The number of benzene rings is 1. The molecule has 0 aliphatic carbocycles. The summed E-state index contributed by atoms with van der Waals surface area (Å²) < 4.78 is 77.9. The smallest absolute Gasteiger partial charge is 0.297 e. The summed E-state index contributed by atoms with van der Waals surface area (Å²) in [5.74, 6) is 0.444. The number of halogens is 6. The molecule has 11 heteroatoms. The average molecular weight is 408 g/mol. The van der Waals surface area contributed by atoms with Crippen LogP contribution in [0.1, 0.15) is 31.4 Å². The standard InChI is InChI=1S/C16H14F6N4S/c1-3-27-13(14(2)7-12(25-26-14)16(20,21)22)24-10-5-4-9(8-23)11(6-10)15(17,18)19/h4-6,26H,3,7H2,1-2H3. The third-order valence-electron chi connectivity index (χ3n) is 3.70. The van der Waals surface area contributed by atoms with Crippen LogP contribution in [0.2, 0.25) is 0 Å². The Bertz CT molecular complexity index is 822. The molecule has 1 aliphatic heterocycles. The second kappa shape index (κ2) is 7.42. The molecule has 0 amide bonds. The summed E-state index contributed by atoms with van der Waals surface area (Å²) >= 11 is 1.10. The van der Waals surface area contributed by atoms with Crippen LogP contribution in [-0.4, -0.2) is 28.2 Å². The van der Waals surface area contributed by atoms with Crippen molar-refractivity contribution in [3.8, 4) is 6.07 Å². The fraction of sp³-hybridized carbons (Fsp3) is 0.438. The first kappa shape index (κ1) is 21.1. The first-order valence-corrected chi connectivity index (χ1v) is 8.63. The highest BCUT2D eigenvalue weighted by Gasteiger charge is 2.47. The van der Waals surface area contributed by atoms with Crippen LogP contribution in [0.4, 0.5) is 32.0 Å². The minimum absolute atomic E-state index is 0.110. The lowest BCUT2D eigenvalue weighted by atomic mass is 9.98. The van der Waals surface area contributed by atoms with Crippen molar-refractivity contribution in [2.75, 3.05) is 5.75 Å². The van der Waals surface area contributed by atoms with Crippen LogP contribution in [0, 0.1) is 11.3 Å². The number of alkyl halides is 6. The Morgan fingerprint density at radius 3 is 2.44 bits per heavy atom. The second-order valence-corrected chi connectivity index (χ2v) is 7.12. The number of aliphatic imine (C=N–C) groups is 1. The van der Waals surface area contributed by atoms with E-state index in [0.717, 1.165) is 17.8 Å². The molecular weight excluding hydrogens is 394 g/mol. The number of thioether (sulfide) groups is 1. The largest absolute Gasteiger partial charge is 0.431 e. The average Bonchev–Trinajstić information content (AvgIpc) is 2.97. The van der Waals surface area contributed by atoms with E-state index in [-0.39, 0.29) is 10.7 Å². The highest BCUT2D eigenvalue weighted by atomic mass is 32.2. The molecule has 0 saturated heterocycles. The maximum absolute atomic E-state index is 13.1. The Morgan fingerprint density at radius 1 is 1.30 bits per heavy atom. The van der Waals surface area contributed by atoms with Gasteiger partial charge in [-0.3, -0.25) is 5.43 Å². The molecule has 0 radical (unpaired) electrons. The summed E-state index contributed by atoms with van der Waals surface area (Å²) in [7, 11) is 0. The molecule has 27 heavy (non-hydrogen) atoms. The summed E-state index contributed by atoms with van der Waals surface area (Å²) in [6.07, 6.45) is -9.86. The van der Waals surface area contributed by atoms with Crippen molar-refractivity contribution >= 4 is 28.2 Å². The van der Waals surface area contributed by atoms with E-state index in [2.05, 4.69) is 15.5 Å². The fourth-order valence-electron chi connectivity index (χ4n) is 2.39. The zero-order valence-corrected chi connectivity index (χ0v) is 15.0. The molecule has 0 spiro atoms. The summed E-state index contributed by atoms with van der Waals surface area (Å²) in [5, 5.41) is 12.3. The lowest BCUT2D eigenvalue weighted by Gasteiger charge is -2.25. The number of nitrogens with one attached hydrogen (secondary N) is 1. The van der Waals surface area contributed by atoms with Crippen LogP contribution in [0.25, 0.3) is 0 Å². The van der Waals surface area contributed by atoms with Crippen LogP contribution in [-0.2, 0) is 6.18 Å². The van der Waals surface area contributed by atoms with Gasteiger partial charge in [0.2, 0.25) is 0 Å². The number of hydrogen-bond donors (Lipinski definition) is 1. The van der Waals surface area contributed by atoms with E-state index < -0.39 is 41.2 Å². The molecule has 4 nitrogen and oxygen atoms in total. The van der Waals surface area contributed by atoms with Gasteiger partial charge in [0.1, 0.15) is 16.3 Å². The number of nitrogens with zero attached hydrogens (tertiary/aromatic N) is 3. The van der Waals surface area contributed by atoms with E-state index in [9.17, 15) is 26.3 Å². The molecule has 0 saturated carbocycles. The molecular formula is C16H14F6N4S. The molecule has 1 aliphatic rings. The zero-order chi connectivity index (χ0) is 20.5. The minimum atomic E-state index is -4.75. The van der Waals surface area contributed by atoms with Gasteiger partial charge in [0, 0.05) is 6.42 Å². The van der Waals surface area contributed by atoms with Gasteiger partial charge >= 0.3 is 12.4 Å². The van der Waals surface area contributed by atoms with Crippen molar-refractivity contribution in [2.24, 2.45) is 10.1 Å². The number of hydrogen-bond acceptors (Lipinski definition) is 5. The van der Waals surface area contributed by atoms with Crippen LogP contribution >= 0.6 is 11.8 Å². The Hall–Kier alpha value is -2.22. The Balaban J connectivity index is 2.44. The Labute approximate surface area is 155 Å². The molecule has 2 rings (SSSR count). The van der Waals surface area contributed by atoms with Gasteiger partial charge in [-0.15, -0.1) is 11.8 Å². The van der Waals surface area contributed by atoms with Gasteiger partial charge in [0.05, 0.1) is 22.9 Å². The molecule has 1 atom stereocenters. The van der Waals surface area contributed by atoms with E-state index in [1.165, 1.54) is 19.1 Å². The Morgan fingerprint density at radius 2 is 1.96 bits per heavy atom. The van der Waals surface area contributed by atoms with E-state index in [1.54, 1.807) is 6.92 Å². The highest BCUT2D eigenvalue weighted by molar-refractivity contribution is 8.14. The van der Waals surface area contributed by atoms with Crippen molar-refractivity contribution in [1.82, 2.24) is 5.43 Å². The minimum Gasteiger partial charge on any atom is -0.297 e. The van der Waals surface area contributed by atoms with Gasteiger partial charge in [0.25, 0.3) is 0 Å². The third-order valence-corrected chi connectivity index (χ3v) is 4.80. The molecule has 1 unspecified atom stereocenters. The fourth-order valence-corrected chi connectivity index (χ4v) is 3.27. The van der Waals surface area contributed by atoms with E-state index in [4.69, 9.17) is 5.26 Å². The lowest BCUT2D eigenvalue weighted by Crippen LogP contribution is -2.43. The summed E-state index contributed by atoms with van der Waals surface area (Å²) in [6.45, 7) is 3.19. The molecule has 146 valence electrons. The summed E-state index contributed by atoms with van der Waals surface area (Å²) in [5.41, 5.74) is -1.71. The quantitative estimate of drug-likeness (QED) is 0.434. The second-order valence-electron chi connectivity index (χ2n) is 5.87. The van der Waals surface area contributed by atoms with Gasteiger partial charge in [0.15, 0.2) is 0 Å². The molecule has 1 heterocycles. The van der Waals surface area contributed by atoms with Crippen LogP contribution in [0.5, 0.6) is 0 Å². The first-order chi connectivity index (χ1) is 12.4. The molecule has 1 aromatic rings. The van der Waals surface area contributed by atoms with Crippen LogP contribution in [0.3, 0.4) is 0 Å². The van der Waals surface area contributed by atoms with E-state index in [1.807, 2.05) is 0 Å². The van der Waals surface area contributed by atoms with Crippen LogP contribution < -0.4 is 5.43 Å². The maximum Gasteiger partial charge on any atom is 0.431 e. The molecule has 0 fully saturated rings. The van der Waals surface area contributed by atoms with Crippen LogP contribution in [0.15, 0.2) is 28.3 Å². The van der Waals surface area contributed by atoms with Gasteiger partial charge in [-0.05, 0) is 30.9 Å². The zero-order valence-electron chi connectivity index (χ0n) is 14.2.